The molecule has 0 N–H and O–H groups in total. The number of likely N-dealkylation sites (N-methyl/N-ethyl adjacent to an activating group) is 1. The summed E-state index contributed by atoms with van der Waals surface area (Å²) in [6.45, 7) is 10.3. The Bertz CT molecular complexity index is 1160. The standard InChI is InChI=1S/C28H40ClN5O4/c1-20-16-23(6-8-25(20)29)37-19-28(17-27(36)33-12-10-31(4)11-13-33)18-34(14-15-38-28)26(35)9-7-24-21(2)30-32(5)22(24)3/h6,8,16H,7,9-15,17-19H2,1-5H3. The average Bonchev–Trinajstić information content (AvgIpc) is 3.14. The maximum absolute atomic E-state index is 13.4. The third-order valence-electron chi connectivity index (χ3n) is 7.81. The zero-order valence-corrected chi connectivity index (χ0v) is 24.0. The Hall–Kier alpha value is -2.62. The molecule has 1 aromatic carbocycles. The molecule has 1 aromatic heterocycles. The first-order valence-corrected chi connectivity index (χ1v) is 13.7. The van der Waals surface area contributed by atoms with E-state index in [1.165, 1.54) is 0 Å². The first-order valence-electron chi connectivity index (χ1n) is 13.3. The molecule has 9 nitrogen and oxygen atoms in total. The number of amides is 2. The molecule has 2 saturated heterocycles. The summed E-state index contributed by atoms with van der Waals surface area (Å²) >= 11 is 6.19. The lowest BCUT2D eigenvalue weighted by atomic mass is 9.96. The maximum Gasteiger partial charge on any atom is 0.225 e. The van der Waals surface area contributed by atoms with Gasteiger partial charge in [-0.05, 0) is 63.6 Å². The number of benzene rings is 1. The molecular weight excluding hydrogens is 506 g/mol. The smallest absolute Gasteiger partial charge is 0.225 e. The highest BCUT2D eigenvalue weighted by Crippen LogP contribution is 2.28. The van der Waals surface area contributed by atoms with Gasteiger partial charge in [0.1, 0.15) is 18.0 Å². The van der Waals surface area contributed by atoms with Gasteiger partial charge in [0.05, 0.1) is 25.3 Å². The summed E-state index contributed by atoms with van der Waals surface area (Å²) in [5.74, 6) is 0.743. The molecule has 1 unspecified atom stereocenters. The number of hydrogen-bond acceptors (Lipinski definition) is 6. The molecule has 0 saturated carbocycles. The number of nitrogens with zero attached hydrogens (tertiary/aromatic N) is 5. The van der Waals surface area contributed by atoms with Crippen LogP contribution in [0.4, 0.5) is 0 Å². The number of aryl methyl sites for hydroxylation is 3. The molecule has 2 fully saturated rings. The van der Waals surface area contributed by atoms with Crippen LogP contribution in [0.15, 0.2) is 18.2 Å². The number of piperazine rings is 1. The van der Waals surface area contributed by atoms with Crippen LogP contribution >= 0.6 is 11.6 Å². The quantitative estimate of drug-likeness (QED) is 0.507. The number of carbonyl (C=O) groups excluding carboxylic acids is 2. The Morgan fingerprint density at radius 3 is 2.45 bits per heavy atom. The minimum Gasteiger partial charge on any atom is -0.490 e. The van der Waals surface area contributed by atoms with Crippen molar-refractivity contribution in [2.45, 2.75) is 45.6 Å². The molecule has 10 heteroatoms. The lowest BCUT2D eigenvalue weighted by Gasteiger charge is -2.43. The van der Waals surface area contributed by atoms with Gasteiger partial charge in [0.25, 0.3) is 0 Å². The minimum atomic E-state index is -0.929. The maximum atomic E-state index is 13.4. The lowest BCUT2D eigenvalue weighted by molar-refractivity contribution is -0.166. The zero-order valence-electron chi connectivity index (χ0n) is 23.3. The van der Waals surface area contributed by atoms with Crippen molar-refractivity contribution in [3.8, 4) is 5.75 Å². The van der Waals surface area contributed by atoms with Crippen LogP contribution in [0.1, 0.15) is 35.4 Å². The molecule has 2 aromatic rings. The number of carbonyl (C=O) groups is 2. The van der Waals surface area contributed by atoms with Crippen LogP contribution in [-0.2, 0) is 27.8 Å². The predicted molar refractivity (Wildman–Crippen MR) is 147 cm³/mol. The monoisotopic (exact) mass is 545 g/mol. The van der Waals surface area contributed by atoms with Gasteiger partial charge in [-0.25, -0.2) is 0 Å². The molecule has 0 radical (unpaired) electrons. The number of rotatable bonds is 8. The van der Waals surface area contributed by atoms with Gasteiger partial charge in [-0.1, -0.05) is 11.6 Å². The second-order valence-corrected chi connectivity index (χ2v) is 11.1. The number of morpholine rings is 1. The first-order chi connectivity index (χ1) is 18.1. The fourth-order valence-corrected chi connectivity index (χ4v) is 5.35. The Kier molecular flexibility index (Phi) is 9.00. The van der Waals surface area contributed by atoms with Gasteiger partial charge in [0, 0.05) is 56.9 Å². The highest BCUT2D eigenvalue weighted by Gasteiger charge is 2.42. The zero-order chi connectivity index (χ0) is 27.4. The Labute approximate surface area is 230 Å². The fourth-order valence-electron chi connectivity index (χ4n) is 5.24. The van der Waals surface area contributed by atoms with E-state index >= 15 is 0 Å². The summed E-state index contributed by atoms with van der Waals surface area (Å²) in [5, 5.41) is 5.14. The van der Waals surface area contributed by atoms with E-state index in [1.54, 1.807) is 6.07 Å². The Morgan fingerprint density at radius 1 is 1.05 bits per heavy atom. The SMILES string of the molecule is Cc1cc(OCC2(CC(=O)N3CCN(C)CC3)CN(C(=O)CCc3c(C)nn(C)c3C)CCO2)ccc1Cl. The van der Waals surface area contributed by atoms with E-state index in [4.69, 9.17) is 21.1 Å². The van der Waals surface area contributed by atoms with Gasteiger partial charge in [-0.15, -0.1) is 0 Å². The average molecular weight is 546 g/mol. The minimum absolute atomic E-state index is 0.0323. The second kappa shape index (κ2) is 12.1. The van der Waals surface area contributed by atoms with Crippen LogP contribution in [-0.4, -0.2) is 101 Å². The molecule has 2 amide bonds. The van der Waals surface area contributed by atoms with E-state index in [0.717, 1.165) is 35.6 Å². The van der Waals surface area contributed by atoms with Crippen LogP contribution in [0.2, 0.25) is 5.02 Å². The molecule has 1 atom stereocenters. The normalized spacial score (nSPS) is 20.6. The van der Waals surface area contributed by atoms with Crippen molar-refractivity contribution in [2.75, 3.05) is 59.5 Å². The number of halogens is 1. The molecule has 2 aliphatic rings. The number of hydrogen-bond donors (Lipinski definition) is 0. The third-order valence-corrected chi connectivity index (χ3v) is 8.23. The van der Waals surface area contributed by atoms with E-state index in [-0.39, 0.29) is 24.8 Å². The van der Waals surface area contributed by atoms with E-state index < -0.39 is 5.60 Å². The molecule has 0 aliphatic carbocycles. The van der Waals surface area contributed by atoms with Crippen molar-refractivity contribution in [3.05, 3.63) is 45.7 Å². The van der Waals surface area contributed by atoms with Crippen molar-refractivity contribution in [2.24, 2.45) is 7.05 Å². The van der Waals surface area contributed by atoms with Crippen molar-refractivity contribution >= 4 is 23.4 Å². The largest absolute Gasteiger partial charge is 0.490 e. The molecule has 0 bridgehead atoms. The summed E-state index contributed by atoms with van der Waals surface area (Å²) < 4.78 is 14.3. The summed E-state index contributed by atoms with van der Waals surface area (Å²) in [6.07, 6.45) is 1.18. The van der Waals surface area contributed by atoms with Crippen molar-refractivity contribution < 1.29 is 19.1 Å². The molecule has 2 aliphatic heterocycles. The second-order valence-electron chi connectivity index (χ2n) is 10.7. The Morgan fingerprint density at radius 2 is 1.79 bits per heavy atom. The van der Waals surface area contributed by atoms with Gasteiger partial charge in [-0.3, -0.25) is 14.3 Å². The predicted octanol–water partition coefficient (Wildman–Crippen LogP) is 2.77. The van der Waals surface area contributed by atoms with Crippen LogP contribution in [0.3, 0.4) is 0 Å². The van der Waals surface area contributed by atoms with Crippen LogP contribution in [0.25, 0.3) is 0 Å². The number of ether oxygens (including phenoxy) is 2. The molecule has 3 heterocycles. The van der Waals surface area contributed by atoms with Crippen LogP contribution < -0.4 is 4.74 Å². The molecule has 0 spiro atoms. The van der Waals surface area contributed by atoms with Gasteiger partial charge in [-0.2, -0.15) is 5.10 Å². The van der Waals surface area contributed by atoms with E-state index in [9.17, 15) is 9.59 Å². The molecule has 38 heavy (non-hydrogen) atoms. The van der Waals surface area contributed by atoms with Gasteiger partial charge >= 0.3 is 0 Å². The highest BCUT2D eigenvalue weighted by atomic mass is 35.5. The van der Waals surface area contributed by atoms with Crippen molar-refractivity contribution in [1.82, 2.24) is 24.5 Å². The summed E-state index contributed by atoms with van der Waals surface area (Å²) in [6, 6.07) is 5.49. The molecule has 208 valence electrons. The van der Waals surface area contributed by atoms with E-state index in [0.29, 0.717) is 56.4 Å². The summed E-state index contributed by atoms with van der Waals surface area (Å²) in [5.41, 5.74) is 3.14. The van der Waals surface area contributed by atoms with Gasteiger partial charge in [0.2, 0.25) is 11.8 Å². The van der Waals surface area contributed by atoms with Gasteiger partial charge in [0.15, 0.2) is 0 Å². The summed E-state index contributed by atoms with van der Waals surface area (Å²) in [7, 11) is 3.98. The first kappa shape index (κ1) is 28.4. The van der Waals surface area contributed by atoms with Crippen molar-refractivity contribution in [1.29, 1.82) is 0 Å². The van der Waals surface area contributed by atoms with Crippen molar-refractivity contribution in [3.63, 3.8) is 0 Å². The van der Waals surface area contributed by atoms with E-state index in [1.807, 2.05) is 54.4 Å². The molecule has 4 rings (SSSR count). The number of aromatic nitrogens is 2. The lowest BCUT2D eigenvalue weighted by Crippen LogP contribution is -2.59. The topological polar surface area (TPSA) is 80.1 Å². The van der Waals surface area contributed by atoms with Gasteiger partial charge < -0.3 is 24.2 Å². The molecular formula is C28H40ClN5O4. The summed E-state index contributed by atoms with van der Waals surface area (Å²) in [4.78, 5) is 32.7. The van der Waals surface area contributed by atoms with E-state index in [2.05, 4.69) is 17.0 Å². The van der Waals surface area contributed by atoms with Crippen LogP contribution in [0, 0.1) is 20.8 Å². The highest BCUT2D eigenvalue weighted by molar-refractivity contribution is 6.31. The Balaban J connectivity index is 1.47. The fraction of sp³-hybridized carbons (Fsp3) is 0.607. The van der Waals surface area contributed by atoms with Crippen LogP contribution in [0.5, 0.6) is 5.75 Å². The third kappa shape index (κ3) is 6.68.